The highest BCUT2D eigenvalue weighted by atomic mass is 32.2. The summed E-state index contributed by atoms with van der Waals surface area (Å²) in [5, 5.41) is 11.1. The zero-order chi connectivity index (χ0) is 16.7. The lowest BCUT2D eigenvalue weighted by molar-refractivity contribution is -0.116. The van der Waals surface area contributed by atoms with Crippen LogP contribution < -0.4 is 14.8 Å². The minimum absolute atomic E-state index is 0.0556. The number of hydrogen-bond acceptors (Lipinski definition) is 6. The molecule has 1 aromatic carbocycles. The molecule has 6 nitrogen and oxygen atoms in total. The standard InChI is InChI=1S/C16H19N3O3S/c1-4-6-12-7-11(8-13(21-3)15(12)22-5-2)9-17-19-16-18-14(20)10-23-16/h4,7-9H,1,5-6,10H2,2-3H3,(H,18,19,20). The van der Waals surface area contributed by atoms with Gasteiger partial charge in [0.1, 0.15) is 0 Å². The number of thioether (sulfide) groups is 1. The molecule has 1 aliphatic rings. The van der Waals surface area contributed by atoms with E-state index in [0.29, 0.717) is 29.7 Å². The highest BCUT2D eigenvalue weighted by molar-refractivity contribution is 8.15. The molecule has 23 heavy (non-hydrogen) atoms. The van der Waals surface area contributed by atoms with Crippen molar-refractivity contribution in [3.8, 4) is 11.5 Å². The minimum atomic E-state index is -0.0556. The average molecular weight is 333 g/mol. The molecule has 2 rings (SSSR count). The molecule has 1 saturated heterocycles. The molecule has 1 aliphatic heterocycles. The van der Waals surface area contributed by atoms with Gasteiger partial charge in [-0.1, -0.05) is 17.8 Å². The van der Waals surface area contributed by atoms with Crippen LogP contribution in [0, 0.1) is 0 Å². The monoisotopic (exact) mass is 333 g/mol. The number of ether oxygens (including phenoxy) is 2. The third kappa shape index (κ3) is 4.59. The Labute approximate surface area is 139 Å². The van der Waals surface area contributed by atoms with Crippen LogP contribution in [0.4, 0.5) is 0 Å². The zero-order valence-corrected chi connectivity index (χ0v) is 14.0. The number of benzene rings is 1. The van der Waals surface area contributed by atoms with E-state index in [0.717, 1.165) is 16.9 Å². The van der Waals surface area contributed by atoms with Gasteiger partial charge in [-0.25, -0.2) is 0 Å². The van der Waals surface area contributed by atoms with Gasteiger partial charge in [0, 0.05) is 5.56 Å². The van der Waals surface area contributed by atoms with Crippen molar-refractivity contribution >= 4 is 29.1 Å². The second kappa shape index (κ2) is 8.38. The second-order valence-corrected chi connectivity index (χ2v) is 5.59. The first-order valence-corrected chi connectivity index (χ1v) is 8.14. The smallest absolute Gasteiger partial charge is 0.236 e. The van der Waals surface area contributed by atoms with Gasteiger partial charge < -0.3 is 14.8 Å². The summed E-state index contributed by atoms with van der Waals surface area (Å²) in [6, 6.07) is 3.79. The van der Waals surface area contributed by atoms with Crippen molar-refractivity contribution in [2.75, 3.05) is 19.5 Å². The number of nitrogens with one attached hydrogen (secondary N) is 1. The van der Waals surface area contributed by atoms with E-state index >= 15 is 0 Å². The number of carbonyl (C=O) groups excluding carboxylic acids is 1. The number of rotatable bonds is 7. The SMILES string of the molecule is C=CCc1cc(C=NN=C2NC(=O)CS2)cc(OC)c1OCC. The summed E-state index contributed by atoms with van der Waals surface area (Å²) < 4.78 is 11.1. The first-order chi connectivity index (χ1) is 11.2. The Balaban J connectivity index is 2.26. The summed E-state index contributed by atoms with van der Waals surface area (Å²) in [7, 11) is 1.60. The average Bonchev–Trinajstić information content (AvgIpc) is 2.95. The maximum atomic E-state index is 11.1. The van der Waals surface area contributed by atoms with Gasteiger partial charge in [-0.05, 0) is 31.0 Å². The van der Waals surface area contributed by atoms with Crippen LogP contribution in [0.3, 0.4) is 0 Å². The summed E-state index contributed by atoms with van der Waals surface area (Å²) >= 11 is 1.33. The van der Waals surface area contributed by atoms with E-state index in [1.807, 2.05) is 25.1 Å². The van der Waals surface area contributed by atoms with Crippen molar-refractivity contribution in [2.45, 2.75) is 13.3 Å². The molecule has 7 heteroatoms. The maximum Gasteiger partial charge on any atom is 0.236 e. The number of amides is 1. The van der Waals surface area contributed by atoms with Gasteiger partial charge in [0.15, 0.2) is 16.7 Å². The molecule has 1 aromatic rings. The van der Waals surface area contributed by atoms with Gasteiger partial charge in [-0.2, -0.15) is 5.10 Å². The first-order valence-electron chi connectivity index (χ1n) is 7.16. The van der Waals surface area contributed by atoms with Crippen molar-refractivity contribution in [1.29, 1.82) is 0 Å². The van der Waals surface area contributed by atoms with Gasteiger partial charge in [0.05, 0.1) is 25.7 Å². The first kappa shape index (κ1) is 17.1. The molecule has 0 bridgehead atoms. The highest BCUT2D eigenvalue weighted by Gasteiger charge is 2.16. The minimum Gasteiger partial charge on any atom is -0.493 e. The lowest BCUT2D eigenvalue weighted by Crippen LogP contribution is -2.19. The van der Waals surface area contributed by atoms with Crippen LogP contribution in [0.25, 0.3) is 0 Å². The van der Waals surface area contributed by atoms with E-state index in [4.69, 9.17) is 9.47 Å². The number of hydrogen-bond donors (Lipinski definition) is 1. The molecular weight excluding hydrogens is 314 g/mol. The van der Waals surface area contributed by atoms with Gasteiger partial charge in [-0.15, -0.1) is 11.7 Å². The van der Waals surface area contributed by atoms with Crippen LogP contribution >= 0.6 is 11.8 Å². The summed E-state index contributed by atoms with van der Waals surface area (Å²) in [5.41, 5.74) is 1.81. The molecule has 0 aromatic heterocycles. The predicted octanol–water partition coefficient (Wildman–Crippen LogP) is 2.38. The molecule has 0 unspecified atom stereocenters. The topological polar surface area (TPSA) is 72.3 Å². The third-order valence-electron chi connectivity index (χ3n) is 2.97. The number of nitrogens with zero attached hydrogens (tertiary/aromatic N) is 2. The quantitative estimate of drug-likeness (QED) is 0.472. The molecule has 122 valence electrons. The largest absolute Gasteiger partial charge is 0.493 e. The van der Waals surface area contributed by atoms with Crippen LogP contribution in [0.5, 0.6) is 11.5 Å². The van der Waals surface area contributed by atoms with Crippen molar-refractivity contribution in [3.05, 3.63) is 35.9 Å². The maximum absolute atomic E-state index is 11.1. The molecule has 0 atom stereocenters. The molecular formula is C16H19N3O3S. The van der Waals surface area contributed by atoms with Crippen LogP contribution in [0.1, 0.15) is 18.1 Å². The van der Waals surface area contributed by atoms with Gasteiger partial charge in [0.25, 0.3) is 0 Å². The summed E-state index contributed by atoms with van der Waals surface area (Å²) in [5.74, 6) is 1.69. The van der Waals surface area contributed by atoms with Crippen LogP contribution in [-0.2, 0) is 11.2 Å². The number of carbonyl (C=O) groups is 1. The zero-order valence-electron chi connectivity index (χ0n) is 13.2. The fourth-order valence-corrected chi connectivity index (χ4v) is 2.68. The summed E-state index contributed by atoms with van der Waals surface area (Å²) in [4.78, 5) is 11.1. The second-order valence-electron chi connectivity index (χ2n) is 4.62. The molecule has 0 saturated carbocycles. The van der Waals surface area contributed by atoms with E-state index < -0.39 is 0 Å². The Morgan fingerprint density at radius 1 is 1.48 bits per heavy atom. The number of methoxy groups -OCH3 is 1. The van der Waals surface area contributed by atoms with Crippen molar-refractivity contribution in [3.63, 3.8) is 0 Å². The molecule has 1 heterocycles. The third-order valence-corrected chi connectivity index (χ3v) is 3.83. The Morgan fingerprint density at radius 3 is 2.91 bits per heavy atom. The lowest BCUT2D eigenvalue weighted by atomic mass is 10.1. The Hall–Kier alpha value is -2.28. The molecule has 1 fully saturated rings. The Morgan fingerprint density at radius 2 is 2.30 bits per heavy atom. The normalized spacial score (nSPS) is 15.9. The van der Waals surface area contributed by atoms with Crippen LogP contribution in [-0.4, -0.2) is 36.8 Å². The van der Waals surface area contributed by atoms with E-state index in [-0.39, 0.29) is 5.91 Å². The Kier molecular flexibility index (Phi) is 6.22. The summed E-state index contributed by atoms with van der Waals surface area (Å²) in [6.07, 6.45) is 4.08. The lowest BCUT2D eigenvalue weighted by Gasteiger charge is -2.14. The molecule has 0 radical (unpaired) electrons. The van der Waals surface area contributed by atoms with Gasteiger partial charge >= 0.3 is 0 Å². The van der Waals surface area contributed by atoms with E-state index in [9.17, 15) is 4.79 Å². The van der Waals surface area contributed by atoms with Crippen molar-refractivity contribution < 1.29 is 14.3 Å². The fraction of sp³-hybridized carbons (Fsp3) is 0.312. The molecule has 0 aliphatic carbocycles. The van der Waals surface area contributed by atoms with Gasteiger partial charge in [0.2, 0.25) is 5.91 Å². The molecule has 1 N–H and O–H groups in total. The van der Waals surface area contributed by atoms with Crippen LogP contribution in [0.2, 0.25) is 0 Å². The van der Waals surface area contributed by atoms with Gasteiger partial charge in [-0.3, -0.25) is 4.79 Å². The highest BCUT2D eigenvalue weighted by Crippen LogP contribution is 2.33. The van der Waals surface area contributed by atoms with E-state index in [1.54, 1.807) is 13.3 Å². The molecule has 1 amide bonds. The van der Waals surface area contributed by atoms with Crippen LogP contribution in [0.15, 0.2) is 35.0 Å². The Bertz CT molecular complexity index is 656. The predicted molar refractivity (Wildman–Crippen MR) is 93.7 cm³/mol. The van der Waals surface area contributed by atoms with E-state index in [2.05, 4.69) is 22.1 Å². The number of allylic oxidation sites excluding steroid dienone is 1. The van der Waals surface area contributed by atoms with E-state index in [1.165, 1.54) is 11.8 Å². The number of amidine groups is 1. The van der Waals surface area contributed by atoms with Crippen molar-refractivity contribution in [1.82, 2.24) is 5.32 Å². The fourth-order valence-electron chi connectivity index (χ4n) is 2.05. The molecule has 0 spiro atoms. The summed E-state index contributed by atoms with van der Waals surface area (Å²) in [6.45, 7) is 6.25. The van der Waals surface area contributed by atoms with Crippen molar-refractivity contribution in [2.24, 2.45) is 10.2 Å².